The molecule has 1 aromatic carbocycles. The molecule has 1 fully saturated rings. The zero-order valence-electron chi connectivity index (χ0n) is 18.3. The average molecular weight is 416 g/mol. The highest BCUT2D eigenvalue weighted by Gasteiger charge is 2.42. The minimum atomic E-state index is -1.19. The van der Waals surface area contributed by atoms with Crippen molar-refractivity contribution in [3.63, 3.8) is 0 Å². The number of rotatable bonds is 3. The maximum Gasteiger partial charge on any atom is 0.261 e. The van der Waals surface area contributed by atoms with Crippen molar-refractivity contribution >= 4 is 21.9 Å². The highest BCUT2D eigenvalue weighted by Crippen LogP contribution is 2.45. The Morgan fingerprint density at radius 2 is 1.86 bits per heavy atom. The Labute approximate surface area is 175 Å². The van der Waals surface area contributed by atoms with Crippen LogP contribution in [-0.2, 0) is 22.9 Å². The molecule has 0 saturated heterocycles. The summed E-state index contributed by atoms with van der Waals surface area (Å²) in [7, 11) is -1.19. The molecule has 0 radical (unpaired) electrons. The molecule has 1 aliphatic carbocycles. The zero-order chi connectivity index (χ0) is 21.0. The van der Waals surface area contributed by atoms with Crippen LogP contribution in [0.25, 0.3) is 10.9 Å². The molecule has 1 aromatic heterocycles. The number of hydrogen-bond acceptors (Lipinski definition) is 3. The SMILES string of the molecule is Cc1cc([C@@H](C)N[S@](=O)C(C)(C)C)c2nc3n(c(=O)c2c1)CCC31CCCCC1. The van der Waals surface area contributed by atoms with Crippen LogP contribution in [0.2, 0.25) is 0 Å². The number of nitrogens with zero attached hydrogens (tertiary/aromatic N) is 2. The molecule has 29 heavy (non-hydrogen) atoms. The van der Waals surface area contributed by atoms with Crippen molar-refractivity contribution in [3.05, 3.63) is 39.4 Å². The molecule has 0 unspecified atom stereocenters. The van der Waals surface area contributed by atoms with Crippen LogP contribution in [0.1, 0.15) is 89.2 Å². The number of aromatic nitrogens is 2. The van der Waals surface area contributed by atoms with Gasteiger partial charge in [0.1, 0.15) is 5.82 Å². The molecule has 4 rings (SSSR count). The van der Waals surface area contributed by atoms with Gasteiger partial charge in [-0.15, -0.1) is 0 Å². The standard InChI is InChI=1S/C23H33N3O2S/c1-15-13-17(16(2)25-29(28)22(3,4)5)19-18(14-15)20(27)26-12-11-23(21(26)24-19)9-7-6-8-10-23/h13-14,16,25H,6-12H2,1-5H3/t16-,29-/m1/s1. The van der Waals surface area contributed by atoms with Crippen LogP contribution >= 0.6 is 0 Å². The van der Waals surface area contributed by atoms with Crippen LogP contribution in [0, 0.1) is 6.92 Å². The highest BCUT2D eigenvalue weighted by molar-refractivity contribution is 7.84. The maximum atomic E-state index is 13.4. The van der Waals surface area contributed by atoms with E-state index in [1.807, 2.05) is 45.3 Å². The smallest absolute Gasteiger partial charge is 0.261 e. The summed E-state index contributed by atoms with van der Waals surface area (Å²) in [4.78, 5) is 18.5. The van der Waals surface area contributed by atoms with E-state index in [2.05, 4.69) is 10.8 Å². The van der Waals surface area contributed by atoms with Gasteiger partial charge in [-0.05, 0) is 71.1 Å². The number of benzene rings is 1. The second-order valence-corrected chi connectivity index (χ2v) is 12.0. The van der Waals surface area contributed by atoms with Crippen LogP contribution in [-0.4, -0.2) is 18.5 Å². The van der Waals surface area contributed by atoms with Gasteiger partial charge in [-0.2, -0.15) is 0 Å². The Morgan fingerprint density at radius 3 is 2.52 bits per heavy atom. The quantitative estimate of drug-likeness (QED) is 0.807. The van der Waals surface area contributed by atoms with E-state index in [4.69, 9.17) is 4.98 Å². The molecule has 6 heteroatoms. The van der Waals surface area contributed by atoms with Gasteiger partial charge in [0.05, 0.1) is 26.6 Å². The van der Waals surface area contributed by atoms with Gasteiger partial charge in [0.15, 0.2) is 0 Å². The van der Waals surface area contributed by atoms with Gasteiger partial charge in [0, 0.05) is 18.0 Å². The Balaban J connectivity index is 1.86. The number of hydrogen-bond donors (Lipinski definition) is 1. The molecule has 2 heterocycles. The van der Waals surface area contributed by atoms with Crippen molar-refractivity contribution < 1.29 is 4.21 Å². The van der Waals surface area contributed by atoms with E-state index < -0.39 is 11.0 Å². The van der Waals surface area contributed by atoms with Crippen molar-refractivity contribution in [1.29, 1.82) is 0 Å². The maximum absolute atomic E-state index is 13.4. The van der Waals surface area contributed by atoms with Gasteiger partial charge in [0.25, 0.3) is 5.56 Å². The lowest BCUT2D eigenvalue weighted by atomic mass is 9.72. The Bertz CT molecular complexity index is 1030. The Hall–Kier alpha value is -1.53. The van der Waals surface area contributed by atoms with Crippen LogP contribution in [0.4, 0.5) is 0 Å². The molecule has 5 nitrogen and oxygen atoms in total. The molecule has 1 saturated carbocycles. The first-order valence-electron chi connectivity index (χ1n) is 10.9. The van der Waals surface area contributed by atoms with Crippen molar-refractivity contribution in [3.8, 4) is 0 Å². The van der Waals surface area contributed by atoms with Crippen molar-refractivity contribution in [2.45, 2.75) is 95.9 Å². The monoisotopic (exact) mass is 415 g/mol. The molecule has 1 N–H and O–H groups in total. The summed E-state index contributed by atoms with van der Waals surface area (Å²) in [6.07, 6.45) is 7.02. The van der Waals surface area contributed by atoms with E-state index >= 15 is 0 Å². The predicted molar refractivity (Wildman–Crippen MR) is 120 cm³/mol. The predicted octanol–water partition coefficient (Wildman–Crippen LogP) is 4.42. The van der Waals surface area contributed by atoms with Crippen molar-refractivity contribution in [2.75, 3.05) is 0 Å². The second-order valence-electron chi connectivity index (χ2n) is 9.95. The zero-order valence-corrected chi connectivity index (χ0v) is 19.1. The third kappa shape index (κ3) is 3.59. The molecule has 1 spiro atoms. The van der Waals surface area contributed by atoms with E-state index in [0.717, 1.165) is 48.3 Å². The van der Waals surface area contributed by atoms with E-state index in [0.29, 0.717) is 5.39 Å². The van der Waals surface area contributed by atoms with E-state index in [-0.39, 0.29) is 21.8 Å². The summed E-state index contributed by atoms with van der Waals surface area (Å²) >= 11 is 0. The molecule has 2 atom stereocenters. The van der Waals surface area contributed by atoms with E-state index in [1.54, 1.807) is 0 Å². The number of nitrogens with one attached hydrogen (secondary N) is 1. The normalized spacial score (nSPS) is 20.7. The second kappa shape index (κ2) is 7.31. The highest BCUT2D eigenvalue weighted by atomic mass is 32.2. The fraction of sp³-hybridized carbons (Fsp3) is 0.652. The molecule has 0 bridgehead atoms. The fourth-order valence-electron chi connectivity index (χ4n) is 4.99. The topological polar surface area (TPSA) is 64.0 Å². The van der Waals surface area contributed by atoms with Gasteiger partial charge in [-0.25, -0.2) is 13.9 Å². The Kier molecular flexibility index (Phi) is 5.23. The summed E-state index contributed by atoms with van der Waals surface area (Å²) in [6.45, 7) is 10.7. The first-order chi connectivity index (χ1) is 13.6. The summed E-state index contributed by atoms with van der Waals surface area (Å²) < 4.78 is 17.5. The van der Waals surface area contributed by atoms with Crippen LogP contribution in [0.5, 0.6) is 0 Å². The largest absolute Gasteiger partial charge is 0.296 e. The molecule has 2 aromatic rings. The van der Waals surface area contributed by atoms with E-state index in [9.17, 15) is 9.00 Å². The van der Waals surface area contributed by atoms with Gasteiger partial charge in [-0.1, -0.05) is 25.3 Å². The number of fused-ring (bicyclic) bond motifs is 3. The van der Waals surface area contributed by atoms with E-state index in [1.165, 1.54) is 19.3 Å². The lowest BCUT2D eigenvalue weighted by Gasteiger charge is -2.32. The van der Waals surface area contributed by atoms with Gasteiger partial charge < -0.3 is 0 Å². The fourth-order valence-corrected chi connectivity index (χ4v) is 5.79. The van der Waals surface area contributed by atoms with Crippen LogP contribution in [0.3, 0.4) is 0 Å². The summed E-state index contributed by atoms with van der Waals surface area (Å²) in [5, 5.41) is 0.687. The molecular formula is C23H33N3O2S. The average Bonchev–Trinajstić information content (AvgIpc) is 3.00. The summed E-state index contributed by atoms with van der Waals surface area (Å²) in [5.74, 6) is 0.990. The first kappa shape index (κ1) is 20.7. The van der Waals surface area contributed by atoms with Crippen molar-refractivity contribution in [2.24, 2.45) is 0 Å². The molecule has 0 amide bonds. The van der Waals surface area contributed by atoms with Crippen LogP contribution < -0.4 is 10.3 Å². The molecule has 158 valence electrons. The molecular weight excluding hydrogens is 382 g/mol. The minimum absolute atomic E-state index is 0.0681. The third-order valence-electron chi connectivity index (χ3n) is 6.64. The van der Waals surface area contributed by atoms with Gasteiger partial charge in [-0.3, -0.25) is 9.36 Å². The number of aryl methyl sites for hydroxylation is 1. The van der Waals surface area contributed by atoms with Crippen molar-refractivity contribution in [1.82, 2.24) is 14.3 Å². The van der Waals surface area contributed by atoms with Gasteiger partial charge >= 0.3 is 0 Å². The molecule has 1 aliphatic heterocycles. The lowest BCUT2D eigenvalue weighted by Crippen LogP contribution is -2.35. The van der Waals surface area contributed by atoms with Gasteiger partial charge in [0.2, 0.25) is 0 Å². The first-order valence-corrected chi connectivity index (χ1v) is 12.0. The Morgan fingerprint density at radius 1 is 1.17 bits per heavy atom. The third-order valence-corrected chi connectivity index (χ3v) is 8.32. The molecule has 2 aliphatic rings. The minimum Gasteiger partial charge on any atom is -0.296 e. The summed E-state index contributed by atoms with van der Waals surface area (Å²) in [5.41, 5.74) is 2.94. The van der Waals surface area contributed by atoms with Crippen LogP contribution in [0.15, 0.2) is 16.9 Å². The summed E-state index contributed by atoms with van der Waals surface area (Å²) in [6, 6.07) is 3.89. The lowest BCUT2D eigenvalue weighted by molar-refractivity contribution is 0.286.